The molecule has 0 aliphatic carbocycles. The van der Waals surface area contributed by atoms with E-state index in [1.165, 1.54) is 6.92 Å². The van der Waals surface area contributed by atoms with Crippen LogP contribution in [0.15, 0.2) is 24.3 Å². The van der Waals surface area contributed by atoms with Crippen molar-refractivity contribution in [2.75, 3.05) is 18.2 Å². The predicted molar refractivity (Wildman–Crippen MR) is 62.6 cm³/mol. The van der Waals surface area contributed by atoms with Crippen LogP contribution in [0.3, 0.4) is 0 Å². The van der Waals surface area contributed by atoms with Crippen LogP contribution in [-0.4, -0.2) is 31.5 Å². The Morgan fingerprint density at radius 2 is 2.35 bits per heavy atom. The van der Waals surface area contributed by atoms with E-state index >= 15 is 0 Å². The molecule has 1 heterocycles. The summed E-state index contributed by atoms with van der Waals surface area (Å²) in [6.45, 7) is 2.12. The van der Waals surface area contributed by atoms with Crippen molar-refractivity contribution in [3.63, 3.8) is 0 Å². The van der Waals surface area contributed by atoms with E-state index in [0.29, 0.717) is 13.3 Å². The van der Waals surface area contributed by atoms with Crippen LogP contribution in [0.4, 0.5) is 5.69 Å². The van der Waals surface area contributed by atoms with Gasteiger partial charge in [-0.25, -0.2) is 0 Å². The summed E-state index contributed by atoms with van der Waals surface area (Å²) in [5, 5.41) is 2.53. The summed E-state index contributed by atoms with van der Waals surface area (Å²) < 4.78 is 5.44. The number of nitrogens with zero attached hydrogens (tertiary/aromatic N) is 1. The molecule has 1 atom stereocenters. The molecule has 0 spiro atoms. The minimum atomic E-state index is -0.637. The summed E-state index contributed by atoms with van der Waals surface area (Å²) in [6.07, 6.45) is 1.81. The smallest absolute Gasteiger partial charge is 0.224 e. The summed E-state index contributed by atoms with van der Waals surface area (Å²) >= 11 is 0. The van der Waals surface area contributed by atoms with Crippen LogP contribution >= 0.6 is 0 Å². The van der Waals surface area contributed by atoms with Crippen LogP contribution in [-0.2, 0) is 9.59 Å². The van der Waals surface area contributed by atoms with Gasteiger partial charge < -0.3 is 15.0 Å². The zero-order chi connectivity index (χ0) is 12.3. The van der Waals surface area contributed by atoms with Crippen LogP contribution in [0.2, 0.25) is 0 Å². The molecule has 0 saturated heterocycles. The second-order valence-electron chi connectivity index (χ2n) is 3.83. The maximum Gasteiger partial charge on any atom is 0.224 e. The van der Waals surface area contributed by atoms with E-state index in [-0.39, 0.29) is 5.91 Å². The first kappa shape index (κ1) is 11.4. The second kappa shape index (κ2) is 4.86. The van der Waals surface area contributed by atoms with E-state index in [0.717, 1.165) is 11.4 Å². The highest BCUT2D eigenvalue weighted by Gasteiger charge is 2.23. The third kappa shape index (κ3) is 2.55. The van der Waals surface area contributed by atoms with Crippen molar-refractivity contribution in [3.05, 3.63) is 24.3 Å². The minimum absolute atomic E-state index is 0.244. The number of hydrogen-bond donors (Lipinski definition) is 1. The van der Waals surface area contributed by atoms with Crippen LogP contribution in [0.1, 0.15) is 6.92 Å². The number of ether oxygens (including phenoxy) is 1. The van der Waals surface area contributed by atoms with Gasteiger partial charge in [0, 0.05) is 13.5 Å². The standard InChI is InChI=1S/C12H13N2O3/c1-9(16)13-10(7-15)6-14-8-17-12-5-3-2-4-11(12)14/h2-5,10H,6,8H2,1H3,(H,13,16)/t10-/m0/s1. The Balaban J connectivity index is 2.05. The van der Waals surface area contributed by atoms with Crippen LogP contribution < -0.4 is 15.0 Å². The molecule has 5 nitrogen and oxygen atoms in total. The predicted octanol–water partition coefficient (Wildman–Crippen LogP) is 0.457. The van der Waals surface area contributed by atoms with Gasteiger partial charge in [-0.3, -0.25) is 9.59 Å². The Bertz CT molecular complexity index is 434. The lowest BCUT2D eigenvalue weighted by Crippen LogP contribution is -2.44. The van der Waals surface area contributed by atoms with Crippen molar-refractivity contribution in [1.29, 1.82) is 0 Å². The Hall–Kier alpha value is -2.04. The van der Waals surface area contributed by atoms with Gasteiger partial charge in [0.25, 0.3) is 0 Å². The van der Waals surface area contributed by atoms with Gasteiger partial charge >= 0.3 is 0 Å². The van der Waals surface area contributed by atoms with Crippen molar-refractivity contribution in [1.82, 2.24) is 5.32 Å². The summed E-state index contributed by atoms with van der Waals surface area (Å²) in [6, 6.07) is 6.94. The lowest BCUT2D eigenvalue weighted by atomic mass is 10.2. The molecule has 1 N–H and O–H groups in total. The number of rotatable bonds is 4. The van der Waals surface area contributed by atoms with Crippen LogP contribution in [0, 0.1) is 0 Å². The molecule has 1 radical (unpaired) electrons. The first-order chi connectivity index (χ1) is 8.20. The van der Waals surface area contributed by atoms with Crippen LogP contribution in [0.5, 0.6) is 5.75 Å². The highest BCUT2D eigenvalue weighted by atomic mass is 16.5. The summed E-state index contributed by atoms with van der Waals surface area (Å²) in [5.74, 6) is 0.548. The number of para-hydroxylation sites is 2. The molecule has 0 fully saturated rings. The fraction of sp³-hybridized carbons (Fsp3) is 0.333. The molecular weight excluding hydrogens is 220 g/mol. The molecule has 1 aliphatic heterocycles. The van der Waals surface area contributed by atoms with Gasteiger partial charge in [-0.15, -0.1) is 0 Å². The number of benzene rings is 1. The highest BCUT2D eigenvalue weighted by Crippen LogP contribution is 2.32. The molecule has 0 aromatic heterocycles. The molecule has 1 aliphatic rings. The topological polar surface area (TPSA) is 58.6 Å². The Morgan fingerprint density at radius 1 is 1.59 bits per heavy atom. The number of amides is 1. The zero-order valence-corrected chi connectivity index (χ0v) is 9.47. The minimum Gasteiger partial charge on any atom is -0.471 e. The van der Waals surface area contributed by atoms with Gasteiger partial charge in [0.1, 0.15) is 11.8 Å². The highest BCUT2D eigenvalue weighted by molar-refractivity contribution is 5.78. The first-order valence-electron chi connectivity index (χ1n) is 5.32. The molecule has 17 heavy (non-hydrogen) atoms. The molecule has 1 aromatic rings. The third-order valence-electron chi connectivity index (χ3n) is 2.50. The van der Waals surface area contributed by atoms with E-state index in [9.17, 15) is 9.59 Å². The molecule has 0 saturated carbocycles. The number of carbonyl (C=O) groups is 1. The van der Waals surface area contributed by atoms with Gasteiger partial charge in [-0.05, 0) is 12.1 Å². The third-order valence-corrected chi connectivity index (χ3v) is 2.50. The summed E-state index contributed by atoms with van der Waals surface area (Å²) in [4.78, 5) is 23.5. The number of nitrogens with one attached hydrogen (secondary N) is 1. The number of anilines is 1. The van der Waals surface area contributed by atoms with Gasteiger partial charge in [0.15, 0.2) is 6.73 Å². The summed E-state index contributed by atoms with van der Waals surface area (Å²) in [5.41, 5.74) is 0.929. The van der Waals surface area contributed by atoms with Gasteiger partial charge in [-0.1, -0.05) is 12.1 Å². The molecule has 2 rings (SSSR count). The molecule has 89 valence electrons. The quantitative estimate of drug-likeness (QED) is 0.820. The normalized spacial score (nSPS) is 14.8. The monoisotopic (exact) mass is 233 g/mol. The van der Waals surface area contributed by atoms with Crippen molar-refractivity contribution in [2.24, 2.45) is 0 Å². The van der Waals surface area contributed by atoms with Crippen LogP contribution in [0.25, 0.3) is 0 Å². The van der Waals surface area contributed by atoms with Crippen molar-refractivity contribution in [3.8, 4) is 5.75 Å². The average molecular weight is 233 g/mol. The van der Waals surface area contributed by atoms with Gasteiger partial charge in [0.05, 0.1) is 5.69 Å². The Labute approximate surface area is 99.4 Å². The first-order valence-corrected chi connectivity index (χ1v) is 5.32. The molecular formula is C12H13N2O3. The van der Waals surface area contributed by atoms with Crippen molar-refractivity contribution < 1.29 is 14.3 Å². The summed E-state index contributed by atoms with van der Waals surface area (Å²) in [7, 11) is 0. The number of hydrogen-bond acceptors (Lipinski definition) is 4. The van der Waals surface area contributed by atoms with Crippen molar-refractivity contribution >= 4 is 17.9 Å². The fourth-order valence-electron chi connectivity index (χ4n) is 1.79. The molecule has 0 bridgehead atoms. The SMILES string of the molecule is CC(=O)N[C@H]([C]=O)CN1COc2ccccc21. The molecule has 1 amide bonds. The fourth-order valence-corrected chi connectivity index (χ4v) is 1.79. The number of carbonyl (C=O) groups excluding carboxylic acids is 2. The lowest BCUT2D eigenvalue weighted by Gasteiger charge is -2.20. The molecule has 1 aromatic carbocycles. The molecule has 0 unspecified atom stereocenters. The zero-order valence-electron chi connectivity index (χ0n) is 9.47. The largest absolute Gasteiger partial charge is 0.471 e. The van der Waals surface area contributed by atoms with Crippen molar-refractivity contribution in [2.45, 2.75) is 13.0 Å². The van der Waals surface area contributed by atoms with Gasteiger partial charge in [0.2, 0.25) is 12.2 Å². The number of fused-ring (bicyclic) bond motifs is 1. The average Bonchev–Trinajstić information content (AvgIpc) is 2.71. The van der Waals surface area contributed by atoms with E-state index in [1.54, 1.807) is 0 Å². The second-order valence-corrected chi connectivity index (χ2v) is 3.83. The lowest BCUT2D eigenvalue weighted by molar-refractivity contribution is -0.119. The van der Waals surface area contributed by atoms with E-state index < -0.39 is 6.04 Å². The van der Waals surface area contributed by atoms with Gasteiger partial charge in [-0.2, -0.15) is 0 Å². The van der Waals surface area contributed by atoms with E-state index in [4.69, 9.17) is 4.74 Å². The molecule has 5 heteroatoms. The van der Waals surface area contributed by atoms with E-state index in [2.05, 4.69) is 5.32 Å². The maximum absolute atomic E-state index is 10.9. The Kier molecular flexibility index (Phi) is 3.27. The maximum atomic E-state index is 10.9. The Morgan fingerprint density at radius 3 is 3.06 bits per heavy atom. The van der Waals surface area contributed by atoms with E-state index in [1.807, 2.05) is 35.5 Å².